The topological polar surface area (TPSA) is 128 Å². The van der Waals surface area contributed by atoms with Gasteiger partial charge in [-0.25, -0.2) is 23.9 Å². The number of ether oxygens (including phenoxy) is 1. The van der Waals surface area contributed by atoms with E-state index in [1.165, 1.54) is 4.31 Å². The lowest BCUT2D eigenvalue weighted by Gasteiger charge is -2.44. The molecule has 0 aliphatic carbocycles. The number of unbranched alkanes of at least 4 members (excludes halogenated alkanes) is 1. The molecule has 2 aromatic rings. The maximum Gasteiger partial charge on any atom is 0.266 e. The Morgan fingerprint density at radius 3 is 2.18 bits per heavy atom. The Kier molecular flexibility index (Phi) is 9.06. The summed E-state index contributed by atoms with van der Waals surface area (Å²) >= 11 is 0. The molecule has 0 radical (unpaired) electrons. The highest BCUT2D eigenvalue weighted by atomic mass is 32.2. The van der Waals surface area contributed by atoms with E-state index in [1.807, 2.05) is 36.1 Å². The van der Waals surface area contributed by atoms with Gasteiger partial charge >= 0.3 is 0 Å². The van der Waals surface area contributed by atoms with Crippen LogP contribution in [-0.4, -0.2) is 84.4 Å². The van der Waals surface area contributed by atoms with E-state index in [4.69, 9.17) is 4.74 Å². The first-order valence-electron chi connectivity index (χ1n) is 13.3. The Balaban J connectivity index is 1.41. The number of aromatic nitrogens is 2. The minimum atomic E-state index is -4.05. The summed E-state index contributed by atoms with van der Waals surface area (Å²) in [6.45, 7) is 6.89. The molecule has 2 fully saturated rings. The van der Waals surface area contributed by atoms with Gasteiger partial charge in [0.1, 0.15) is 5.75 Å². The number of benzene rings is 1. The summed E-state index contributed by atoms with van der Waals surface area (Å²) < 4.78 is 33.1. The van der Waals surface area contributed by atoms with Crippen molar-refractivity contribution in [1.82, 2.24) is 19.8 Å². The molecule has 0 unspecified atom stereocenters. The number of hydroxylamine groups is 1. The predicted octanol–water partition coefficient (Wildman–Crippen LogP) is 2.21. The fraction of sp³-hybridized carbons (Fsp3) is 0.577. The molecule has 1 amide bonds. The van der Waals surface area contributed by atoms with Crippen molar-refractivity contribution in [2.24, 2.45) is 0 Å². The number of sulfonamides is 1. The molecular formula is C26H38N6O5S. The molecule has 4 rings (SSSR count). The molecule has 0 saturated carbocycles. The zero-order valence-electron chi connectivity index (χ0n) is 22.2. The largest absolute Gasteiger partial charge is 0.494 e. The molecule has 0 spiro atoms. The fourth-order valence-electron chi connectivity index (χ4n) is 4.99. The summed E-state index contributed by atoms with van der Waals surface area (Å²) in [6, 6.07) is 7.83. The Hall–Kier alpha value is -2.96. The Bertz CT molecular complexity index is 1160. The van der Waals surface area contributed by atoms with Crippen molar-refractivity contribution in [2.45, 2.75) is 50.7 Å². The minimum Gasteiger partial charge on any atom is -0.494 e. The van der Waals surface area contributed by atoms with E-state index < -0.39 is 20.7 Å². The number of carbonyl (C=O) groups excluding carboxylic acids is 1. The first-order chi connectivity index (χ1) is 18.3. The Labute approximate surface area is 224 Å². The van der Waals surface area contributed by atoms with E-state index in [-0.39, 0.29) is 39.0 Å². The first-order valence-corrected chi connectivity index (χ1v) is 14.8. The molecule has 3 heterocycles. The van der Waals surface area contributed by atoms with Crippen molar-refractivity contribution in [1.29, 1.82) is 0 Å². The molecular weight excluding hydrogens is 508 g/mol. The van der Waals surface area contributed by atoms with Crippen LogP contribution in [-0.2, 0) is 21.2 Å². The Morgan fingerprint density at radius 1 is 1.00 bits per heavy atom. The van der Waals surface area contributed by atoms with Crippen LogP contribution in [0.1, 0.15) is 45.1 Å². The van der Waals surface area contributed by atoms with Crippen LogP contribution >= 0.6 is 0 Å². The van der Waals surface area contributed by atoms with Gasteiger partial charge < -0.3 is 14.5 Å². The molecule has 208 valence electrons. The van der Waals surface area contributed by atoms with Crippen LogP contribution in [0.15, 0.2) is 36.7 Å². The predicted molar refractivity (Wildman–Crippen MR) is 145 cm³/mol. The van der Waals surface area contributed by atoms with Gasteiger partial charge in [-0.2, -0.15) is 4.31 Å². The number of anilines is 2. The van der Waals surface area contributed by atoms with Gasteiger partial charge in [-0.15, -0.1) is 0 Å². The molecule has 38 heavy (non-hydrogen) atoms. The van der Waals surface area contributed by atoms with Crippen LogP contribution in [0.25, 0.3) is 0 Å². The molecule has 12 heteroatoms. The molecule has 1 aromatic carbocycles. The average Bonchev–Trinajstić information content (AvgIpc) is 2.97. The quantitative estimate of drug-likeness (QED) is 0.262. The molecule has 2 aliphatic rings. The van der Waals surface area contributed by atoms with E-state index >= 15 is 0 Å². The van der Waals surface area contributed by atoms with Gasteiger partial charge in [-0.1, -0.05) is 20.3 Å². The summed E-state index contributed by atoms with van der Waals surface area (Å²) in [5.74, 6) is 0.437. The highest BCUT2D eigenvalue weighted by molar-refractivity contribution is 7.91. The molecule has 2 saturated heterocycles. The molecule has 2 N–H and O–H groups in total. The number of amides is 1. The maximum absolute atomic E-state index is 13.9. The van der Waals surface area contributed by atoms with Gasteiger partial charge in [-0.05, 0) is 55.5 Å². The zero-order chi connectivity index (χ0) is 27.2. The van der Waals surface area contributed by atoms with Gasteiger partial charge in [0.05, 0.1) is 6.61 Å². The number of piperazine rings is 1. The monoisotopic (exact) mass is 546 g/mol. The minimum absolute atomic E-state index is 0.0281. The third-order valence-electron chi connectivity index (χ3n) is 7.51. The van der Waals surface area contributed by atoms with Crippen LogP contribution < -0.4 is 20.0 Å². The van der Waals surface area contributed by atoms with E-state index in [0.29, 0.717) is 25.6 Å². The van der Waals surface area contributed by atoms with Crippen LogP contribution in [0.2, 0.25) is 0 Å². The summed E-state index contributed by atoms with van der Waals surface area (Å²) in [5.41, 5.74) is 3.64. The standard InChI is InChI=1S/C26H38N6O5S/c1-3-5-18-37-23-8-6-22(7-9-23)30-14-16-32(17-15-30)38(35,36)26(24(33)29-34)10-12-31(13-11-26)25-27-19-21(4-2)20-28-25/h6-9,19-20,34H,3-5,10-18H2,1-2H3,(H,29,33). The summed E-state index contributed by atoms with van der Waals surface area (Å²) in [4.78, 5) is 25.7. The van der Waals surface area contributed by atoms with Crippen LogP contribution in [0.4, 0.5) is 11.6 Å². The van der Waals surface area contributed by atoms with Crippen molar-refractivity contribution in [3.05, 3.63) is 42.2 Å². The van der Waals surface area contributed by atoms with Crippen LogP contribution in [0, 0.1) is 0 Å². The number of carbonyl (C=O) groups is 1. The van der Waals surface area contributed by atoms with E-state index in [2.05, 4.69) is 21.8 Å². The summed E-state index contributed by atoms with van der Waals surface area (Å²) in [5, 5.41) is 9.50. The molecule has 11 nitrogen and oxygen atoms in total. The van der Waals surface area contributed by atoms with E-state index in [9.17, 15) is 18.4 Å². The molecule has 0 bridgehead atoms. The lowest BCUT2D eigenvalue weighted by molar-refractivity contribution is -0.132. The lowest BCUT2D eigenvalue weighted by Crippen LogP contribution is -2.63. The van der Waals surface area contributed by atoms with Crippen molar-refractivity contribution in [2.75, 3.05) is 55.7 Å². The number of aryl methyl sites for hydroxylation is 1. The van der Waals surface area contributed by atoms with Crippen molar-refractivity contribution >= 4 is 27.6 Å². The average molecular weight is 547 g/mol. The number of hydrogen-bond donors (Lipinski definition) is 2. The van der Waals surface area contributed by atoms with Crippen molar-refractivity contribution in [3.8, 4) is 5.75 Å². The zero-order valence-corrected chi connectivity index (χ0v) is 23.0. The third-order valence-corrected chi connectivity index (χ3v) is 10.1. The van der Waals surface area contributed by atoms with Gasteiger partial charge in [0.15, 0.2) is 4.75 Å². The van der Waals surface area contributed by atoms with Gasteiger partial charge in [0.2, 0.25) is 16.0 Å². The van der Waals surface area contributed by atoms with Gasteiger partial charge in [-0.3, -0.25) is 10.0 Å². The second kappa shape index (κ2) is 12.3. The summed E-state index contributed by atoms with van der Waals surface area (Å²) in [7, 11) is -4.05. The normalized spacial score (nSPS) is 18.3. The molecule has 0 atom stereocenters. The van der Waals surface area contributed by atoms with Gasteiger partial charge in [0.25, 0.3) is 5.91 Å². The number of nitrogens with zero attached hydrogens (tertiary/aromatic N) is 5. The third kappa shape index (κ3) is 5.71. The lowest BCUT2D eigenvalue weighted by atomic mass is 9.95. The summed E-state index contributed by atoms with van der Waals surface area (Å²) in [6.07, 6.45) is 6.48. The maximum atomic E-state index is 13.9. The van der Waals surface area contributed by atoms with Crippen LogP contribution in [0.3, 0.4) is 0 Å². The number of nitrogens with one attached hydrogen (secondary N) is 1. The fourth-order valence-corrected chi connectivity index (χ4v) is 7.10. The van der Waals surface area contributed by atoms with Gasteiger partial charge in [0, 0.05) is 57.3 Å². The second-order valence-corrected chi connectivity index (χ2v) is 12.0. The van der Waals surface area contributed by atoms with Crippen LogP contribution in [0.5, 0.6) is 5.75 Å². The smallest absolute Gasteiger partial charge is 0.266 e. The number of piperidine rings is 1. The Morgan fingerprint density at radius 2 is 1.63 bits per heavy atom. The number of rotatable bonds is 10. The van der Waals surface area contributed by atoms with Crippen molar-refractivity contribution < 1.29 is 23.2 Å². The van der Waals surface area contributed by atoms with Crippen molar-refractivity contribution in [3.63, 3.8) is 0 Å². The molecule has 1 aromatic heterocycles. The highest BCUT2D eigenvalue weighted by Crippen LogP contribution is 2.35. The SMILES string of the molecule is CCCCOc1ccc(N2CCN(S(=O)(=O)C3(C(=O)NO)CCN(c4ncc(CC)cn4)CC3)CC2)cc1. The first kappa shape index (κ1) is 28.1. The van der Waals surface area contributed by atoms with E-state index in [1.54, 1.807) is 17.9 Å². The van der Waals surface area contributed by atoms with E-state index in [0.717, 1.165) is 36.3 Å². The molecule has 2 aliphatic heterocycles. The number of hydrogen-bond acceptors (Lipinski definition) is 9. The second-order valence-electron chi connectivity index (χ2n) is 9.75. The highest BCUT2D eigenvalue weighted by Gasteiger charge is 2.55.